The Balaban J connectivity index is 1.19. The van der Waals surface area contributed by atoms with Gasteiger partial charge in [0.25, 0.3) is 0 Å². The van der Waals surface area contributed by atoms with E-state index in [4.69, 9.17) is 23.7 Å². The molecule has 7 heteroatoms. The highest BCUT2D eigenvalue weighted by Gasteiger charge is 2.51. The zero-order chi connectivity index (χ0) is 46.6. The summed E-state index contributed by atoms with van der Waals surface area (Å²) < 4.78 is 32.3. The topological polar surface area (TPSA) is 93.7 Å². The van der Waals surface area contributed by atoms with Crippen molar-refractivity contribution >= 4 is 0 Å². The first-order chi connectivity index (χ1) is 31.5. The summed E-state index contributed by atoms with van der Waals surface area (Å²) in [7, 11) is 0. The Kier molecular flexibility index (Phi) is 15.7. The van der Waals surface area contributed by atoms with Crippen LogP contribution in [0.25, 0.3) is 11.1 Å². The minimum atomic E-state index is -0.634. The van der Waals surface area contributed by atoms with Crippen LogP contribution in [0.15, 0.2) is 133 Å². The SMILES string of the molecule is CCC(C)c1cccc(Oc2ccc(-c3ccc(OC(CC)(CC)C(CC)(CC)c4cccc(Oc5ccc(Oc6ccc(OC(C)(CC)CC)cc6)cc5)c4C#N)cc3)cc2)c1C#N. The third-order valence-electron chi connectivity index (χ3n) is 13.7. The molecule has 0 saturated heterocycles. The van der Waals surface area contributed by atoms with Crippen molar-refractivity contribution in [2.24, 2.45) is 0 Å². The zero-order valence-electron chi connectivity index (χ0n) is 39.7. The van der Waals surface area contributed by atoms with Crippen molar-refractivity contribution < 1.29 is 23.7 Å². The first-order valence-corrected chi connectivity index (χ1v) is 23.4. The summed E-state index contributed by atoms with van der Waals surface area (Å²) in [5.41, 5.74) is 3.74. The molecule has 336 valence electrons. The van der Waals surface area contributed by atoms with E-state index in [1.54, 1.807) is 0 Å². The van der Waals surface area contributed by atoms with Crippen molar-refractivity contribution in [3.05, 3.63) is 156 Å². The van der Waals surface area contributed by atoms with E-state index in [2.05, 4.69) is 92.7 Å². The molecular formula is C58H64N2O5. The Morgan fingerprint density at radius 1 is 0.462 bits per heavy atom. The highest BCUT2D eigenvalue weighted by Crippen LogP contribution is 2.50. The summed E-state index contributed by atoms with van der Waals surface area (Å²) in [4.78, 5) is 0. The number of nitrogens with zero attached hydrogens (tertiary/aromatic N) is 2. The van der Waals surface area contributed by atoms with Crippen molar-refractivity contribution in [1.82, 2.24) is 0 Å². The van der Waals surface area contributed by atoms with Gasteiger partial charge < -0.3 is 23.7 Å². The smallest absolute Gasteiger partial charge is 0.145 e. The minimum Gasteiger partial charge on any atom is -0.488 e. The van der Waals surface area contributed by atoms with Crippen molar-refractivity contribution in [3.8, 4) is 69.3 Å². The van der Waals surface area contributed by atoms with Gasteiger partial charge in [-0.25, -0.2) is 0 Å². The lowest BCUT2D eigenvalue weighted by Gasteiger charge is -2.50. The molecule has 0 aliphatic carbocycles. The van der Waals surface area contributed by atoms with Crippen LogP contribution in [0.5, 0.6) is 46.0 Å². The first kappa shape index (κ1) is 47.8. The molecule has 7 nitrogen and oxygen atoms in total. The third-order valence-corrected chi connectivity index (χ3v) is 13.7. The second-order valence-electron chi connectivity index (χ2n) is 17.1. The van der Waals surface area contributed by atoms with Crippen LogP contribution in [0.3, 0.4) is 0 Å². The van der Waals surface area contributed by atoms with Crippen LogP contribution in [0.2, 0.25) is 0 Å². The number of ether oxygens (including phenoxy) is 5. The molecule has 1 atom stereocenters. The average molecular weight is 869 g/mol. The molecule has 0 aromatic heterocycles. The fraction of sp³-hybridized carbons (Fsp3) is 0.345. The summed E-state index contributed by atoms with van der Waals surface area (Å²) in [6.45, 7) is 19.4. The van der Waals surface area contributed by atoms with Gasteiger partial charge in [-0.2, -0.15) is 10.5 Å². The van der Waals surface area contributed by atoms with Gasteiger partial charge >= 0.3 is 0 Å². The van der Waals surface area contributed by atoms with Crippen LogP contribution in [0, 0.1) is 22.7 Å². The molecule has 0 fully saturated rings. The fourth-order valence-corrected chi connectivity index (χ4v) is 9.08. The lowest BCUT2D eigenvalue weighted by Crippen LogP contribution is -2.55. The monoisotopic (exact) mass is 868 g/mol. The Morgan fingerprint density at radius 3 is 1.32 bits per heavy atom. The van der Waals surface area contributed by atoms with Crippen LogP contribution in [0.4, 0.5) is 0 Å². The van der Waals surface area contributed by atoms with E-state index in [9.17, 15) is 10.5 Å². The number of hydrogen-bond donors (Lipinski definition) is 0. The number of nitriles is 2. The Morgan fingerprint density at radius 2 is 0.877 bits per heavy atom. The summed E-state index contributed by atoms with van der Waals surface area (Å²) >= 11 is 0. The molecule has 6 rings (SSSR count). The van der Waals surface area contributed by atoms with Crippen molar-refractivity contribution in [3.63, 3.8) is 0 Å². The maximum absolute atomic E-state index is 10.8. The van der Waals surface area contributed by atoms with Crippen LogP contribution in [-0.4, -0.2) is 11.2 Å². The standard InChI is InChI=1S/C58H64N2O5/c1-10-41(8)50-19-17-21-54(51(50)39-59)62-46-27-23-42(24-28-46)43-25-29-49(30-26-43)65-58(15-6,16-7)57(13-4,14-5)53-20-18-22-55(52(53)40-60)63-47-33-31-44(32-34-47)61-45-35-37-48(38-36-45)64-56(9,11-2)12-3/h17-38,41H,10-16H2,1-9H3. The van der Waals surface area contributed by atoms with Crippen molar-refractivity contribution in [2.75, 3.05) is 0 Å². The molecule has 0 bridgehead atoms. The predicted octanol–water partition coefficient (Wildman–Crippen LogP) is 16.6. The molecular weight excluding hydrogens is 805 g/mol. The van der Waals surface area contributed by atoms with E-state index < -0.39 is 11.0 Å². The van der Waals surface area contributed by atoms with Gasteiger partial charge in [0.05, 0.1) is 11.1 Å². The highest BCUT2D eigenvalue weighted by atomic mass is 16.5. The summed E-state index contributed by atoms with van der Waals surface area (Å²) in [6, 6.07) is 47.9. The summed E-state index contributed by atoms with van der Waals surface area (Å²) in [5, 5.41) is 20.8. The van der Waals surface area contributed by atoms with Crippen LogP contribution in [0.1, 0.15) is 135 Å². The van der Waals surface area contributed by atoms with E-state index in [-0.39, 0.29) is 11.5 Å². The van der Waals surface area contributed by atoms with E-state index in [0.29, 0.717) is 45.6 Å². The van der Waals surface area contributed by atoms with Gasteiger partial charge in [0.2, 0.25) is 0 Å². The third kappa shape index (κ3) is 10.3. The maximum atomic E-state index is 10.8. The van der Waals surface area contributed by atoms with Gasteiger partial charge in [0, 0.05) is 5.41 Å². The molecule has 6 aromatic rings. The molecule has 0 heterocycles. The van der Waals surface area contributed by atoms with Gasteiger partial charge in [-0.3, -0.25) is 0 Å². The highest BCUT2D eigenvalue weighted by molar-refractivity contribution is 5.65. The number of rotatable bonds is 21. The van der Waals surface area contributed by atoms with Gasteiger partial charge in [0.1, 0.15) is 69.3 Å². The molecule has 0 amide bonds. The van der Waals surface area contributed by atoms with E-state index in [1.807, 2.05) is 115 Å². The van der Waals surface area contributed by atoms with Gasteiger partial charge in [0.15, 0.2) is 0 Å². The molecule has 6 aromatic carbocycles. The van der Waals surface area contributed by atoms with Gasteiger partial charge in [-0.05, 0) is 165 Å². The molecule has 0 aliphatic rings. The van der Waals surface area contributed by atoms with E-state index in [0.717, 1.165) is 78.7 Å². The van der Waals surface area contributed by atoms with Crippen molar-refractivity contribution in [2.45, 2.75) is 130 Å². The van der Waals surface area contributed by atoms with Crippen molar-refractivity contribution in [1.29, 1.82) is 10.5 Å². The van der Waals surface area contributed by atoms with Gasteiger partial charge in [-0.1, -0.05) is 104 Å². The quantitative estimate of drug-likeness (QED) is 0.0711. The molecule has 1 unspecified atom stereocenters. The molecule has 0 N–H and O–H groups in total. The maximum Gasteiger partial charge on any atom is 0.145 e. The van der Waals surface area contributed by atoms with E-state index in [1.165, 1.54) is 0 Å². The second kappa shape index (κ2) is 21.3. The number of hydrogen-bond acceptors (Lipinski definition) is 7. The Bertz CT molecular complexity index is 2560. The summed E-state index contributed by atoms with van der Waals surface area (Å²) in [5.74, 6) is 5.56. The average Bonchev–Trinajstić information content (AvgIpc) is 3.35. The Hall–Kier alpha value is -6.70. The lowest BCUT2D eigenvalue weighted by molar-refractivity contribution is -0.0284. The predicted molar refractivity (Wildman–Crippen MR) is 262 cm³/mol. The molecule has 0 aliphatic heterocycles. The van der Waals surface area contributed by atoms with Crippen LogP contribution < -0.4 is 23.7 Å². The number of benzene rings is 6. The first-order valence-electron chi connectivity index (χ1n) is 23.4. The zero-order valence-corrected chi connectivity index (χ0v) is 39.7. The molecule has 65 heavy (non-hydrogen) atoms. The van der Waals surface area contributed by atoms with E-state index >= 15 is 0 Å². The normalized spacial score (nSPS) is 12.1. The molecule has 0 spiro atoms. The Labute approximate surface area is 387 Å². The van der Waals surface area contributed by atoms with Crippen LogP contribution >= 0.6 is 0 Å². The molecule has 0 saturated carbocycles. The summed E-state index contributed by atoms with van der Waals surface area (Å²) in [6.07, 6.45) is 5.76. The van der Waals surface area contributed by atoms with Gasteiger partial charge in [-0.15, -0.1) is 0 Å². The fourth-order valence-electron chi connectivity index (χ4n) is 9.08. The lowest BCUT2D eigenvalue weighted by atomic mass is 9.60. The van der Waals surface area contributed by atoms with Crippen LogP contribution in [-0.2, 0) is 5.41 Å². The second-order valence-corrected chi connectivity index (χ2v) is 17.1. The minimum absolute atomic E-state index is 0.199. The largest absolute Gasteiger partial charge is 0.488 e. The molecule has 0 radical (unpaired) electrons.